The number of anilines is 3. The summed E-state index contributed by atoms with van der Waals surface area (Å²) in [4.78, 5) is 27.0. The number of thioether (sulfide) groups is 1. The molecule has 1 aliphatic rings. The van der Waals surface area contributed by atoms with Gasteiger partial charge in [0.1, 0.15) is 5.82 Å². The Labute approximate surface area is 175 Å². The molecular formula is C22H26FN3O2S. The van der Waals surface area contributed by atoms with Crippen LogP contribution < -0.4 is 15.5 Å². The van der Waals surface area contributed by atoms with Crippen molar-refractivity contribution in [1.29, 1.82) is 0 Å². The fourth-order valence-electron chi connectivity index (χ4n) is 3.23. The molecule has 1 saturated heterocycles. The van der Waals surface area contributed by atoms with Gasteiger partial charge in [-0.15, -0.1) is 11.8 Å². The lowest BCUT2D eigenvalue weighted by molar-refractivity contribution is -0.115. The highest BCUT2D eigenvalue weighted by atomic mass is 32.2. The van der Waals surface area contributed by atoms with Crippen molar-refractivity contribution in [3.05, 3.63) is 54.3 Å². The number of para-hydroxylation sites is 2. The number of nitrogens with one attached hydrogen (secondary N) is 2. The summed E-state index contributed by atoms with van der Waals surface area (Å²) in [6, 6.07) is 13.4. The van der Waals surface area contributed by atoms with E-state index in [-0.39, 0.29) is 28.6 Å². The van der Waals surface area contributed by atoms with Crippen molar-refractivity contribution in [2.24, 2.45) is 0 Å². The van der Waals surface area contributed by atoms with E-state index in [9.17, 15) is 14.0 Å². The van der Waals surface area contributed by atoms with Gasteiger partial charge in [0.05, 0.1) is 22.4 Å². The van der Waals surface area contributed by atoms with E-state index in [0.29, 0.717) is 5.69 Å². The Balaban J connectivity index is 1.51. The highest BCUT2D eigenvalue weighted by Crippen LogP contribution is 2.29. The molecular weight excluding hydrogens is 389 g/mol. The minimum Gasteiger partial charge on any atom is -0.370 e. The highest BCUT2D eigenvalue weighted by molar-refractivity contribution is 8.01. The van der Waals surface area contributed by atoms with Gasteiger partial charge in [0.15, 0.2) is 0 Å². The molecule has 2 aromatic rings. The number of piperidine rings is 1. The normalized spacial score (nSPS) is 14.9. The first-order chi connectivity index (χ1) is 14.0. The van der Waals surface area contributed by atoms with E-state index in [1.807, 2.05) is 24.3 Å². The maximum absolute atomic E-state index is 12.9. The third-order valence-corrected chi connectivity index (χ3v) is 5.96. The maximum atomic E-state index is 12.9. The second-order valence-corrected chi connectivity index (χ2v) is 8.39. The average molecular weight is 416 g/mol. The van der Waals surface area contributed by atoms with Crippen LogP contribution in [0.25, 0.3) is 0 Å². The molecule has 1 fully saturated rings. The lowest BCUT2D eigenvalue weighted by Gasteiger charge is -2.30. The van der Waals surface area contributed by atoms with Gasteiger partial charge in [-0.1, -0.05) is 12.1 Å². The summed E-state index contributed by atoms with van der Waals surface area (Å²) in [5, 5.41) is 5.33. The quantitative estimate of drug-likeness (QED) is 0.698. The molecule has 29 heavy (non-hydrogen) atoms. The predicted octanol–water partition coefficient (Wildman–Crippen LogP) is 4.51. The molecule has 0 aliphatic carbocycles. The van der Waals surface area contributed by atoms with Crippen LogP contribution in [-0.2, 0) is 9.59 Å². The zero-order valence-electron chi connectivity index (χ0n) is 16.5. The average Bonchev–Trinajstić information content (AvgIpc) is 2.74. The molecule has 1 heterocycles. The lowest BCUT2D eigenvalue weighted by atomic mass is 10.1. The number of amides is 2. The molecule has 0 radical (unpaired) electrons. The van der Waals surface area contributed by atoms with Crippen molar-refractivity contribution in [3.8, 4) is 0 Å². The molecule has 1 unspecified atom stereocenters. The van der Waals surface area contributed by atoms with Gasteiger partial charge < -0.3 is 15.5 Å². The molecule has 0 spiro atoms. The number of carbonyl (C=O) groups is 2. The van der Waals surface area contributed by atoms with Gasteiger partial charge in [-0.05, 0) is 62.6 Å². The third kappa shape index (κ3) is 6.22. The third-order valence-electron chi connectivity index (χ3n) is 4.82. The first-order valence-electron chi connectivity index (χ1n) is 9.85. The van der Waals surface area contributed by atoms with Gasteiger partial charge in [-0.2, -0.15) is 0 Å². The minimum atomic E-state index is -0.386. The van der Waals surface area contributed by atoms with Gasteiger partial charge >= 0.3 is 0 Å². The van der Waals surface area contributed by atoms with Crippen LogP contribution in [0.4, 0.5) is 21.5 Å². The van der Waals surface area contributed by atoms with Crippen LogP contribution in [0.1, 0.15) is 26.2 Å². The smallest absolute Gasteiger partial charge is 0.237 e. The zero-order chi connectivity index (χ0) is 20.6. The van der Waals surface area contributed by atoms with Crippen LogP contribution in [0.2, 0.25) is 0 Å². The number of benzene rings is 2. The Morgan fingerprint density at radius 2 is 1.72 bits per heavy atom. The van der Waals surface area contributed by atoms with E-state index in [1.54, 1.807) is 6.92 Å². The Bertz CT molecular complexity index is 838. The number of carbonyl (C=O) groups excluding carboxylic acids is 2. The Hall–Kier alpha value is -2.54. The molecule has 2 N–H and O–H groups in total. The van der Waals surface area contributed by atoms with Crippen LogP contribution in [0.15, 0.2) is 48.5 Å². The van der Waals surface area contributed by atoms with Crippen molar-refractivity contribution in [1.82, 2.24) is 0 Å². The fraction of sp³-hybridized carbons (Fsp3) is 0.364. The minimum absolute atomic E-state index is 0.131. The van der Waals surface area contributed by atoms with E-state index < -0.39 is 0 Å². The SMILES string of the molecule is CC(SCC(=O)Nc1ccc(F)cc1)C(=O)Nc1ccccc1N1CCCCC1. The Kier molecular flexibility index (Phi) is 7.52. The summed E-state index contributed by atoms with van der Waals surface area (Å²) >= 11 is 1.26. The van der Waals surface area contributed by atoms with Gasteiger partial charge in [0.2, 0.25) is 11.8 Å². The molecule has 7 heteroatoms. The lowest BCUT2D eigenvalue weighted by Crippen LogP contribution is -2.31. The van der Waals surface area contributed by atoms with Crippen molar-refractivity contribution in [2.75, 3.05) is 34.4 Å². The highest BCUT2D eigenvalue weighted by Gasteiger charge is 2.19. The molecule has 1 atom stereocenters. The summed E-state index contributed by atoms with van der Waals surface area (Å²) < 4.78 is 12.9. The van der Waals surface area contributed by atoms with E-state index in [2.05, 4.69) is 15.5 Å². The number of rotatable bonds is 7. The second kappa shape index (κ2) is 10.3. The Morgan fingerprint density at radius 3 is 2.45 bits per heavy atom. The van der Waals surface area contributed by atoms with Crippen molar-refractivity contribution < 1.29 is 14.0 Å². The number of hydrogen-bond donors (Lipinski definition) is 2. The number of nitrogens with zero attached hydrogens (tertiary/aromatic N) is 1. The summed E-state index contributed by atoms with van der Waals surface area (Å²) in [5.74, 6) is -0.573. The van der Waals surface area contributed by atoms with Crippen LogP contribution in [-0.4, -0.2) is 35.9 Å². The van der Waals surface area contributed by atoms with Gasteiger partial charge in [0, 0.05) is 18.8 Å². The zero-order valence-corrected chi connectivity index (χ0v) is 17.3. The van der Waals surface area contributed by atoms with Gasteiger partial charge in [-0.3, -0.25) is 9.59 Å². The van der Waals surface area contributed by atoms with Gasteiger partial charge in [-0.25, -0.2) is 4.39 Å². The molecule has 0 saturated carbocycles. The van der Waals surface area contributed by atoms with Crippen LogP contribution in [0, 0.1) is 5.82 Å². The van der Waals surface area contributed by atoms with Crippen LogP contribution in [0.5, 0.6) is 0 Å². The molecule has 2 amide bonds. The summed E-state index contributed by atoms with van der Waals surface area (Å²) in [5.41, 5.74) is 2.39. The standard InChI is InChI=1S/C22H26FN3O2S/c1-16(29-15-21(27)24-18-11-9-17(23)10-12-18)22(28)25-19-7-3-4-8-20(19)26-13-5-2-6-14-26/h3-4,7-12,16H,2,5-6,13-15H2,1H3,(H,24,27)(H,25,28). The van der Waals surface area contributed by atoms with Crippen molar-refractivity contribution in [2.45, 2.75) is 31.4 Å². The maximum Gasteiger partial charge on any atom is 0.237 e. The van der Waals surface area contributed by atoms with Crippen LogP contribution in [0.3, 0.4) is 0 Å². The largest absolute Gasteiger partial charge is 0.370 e. The molecule has 0 aromatic heterocycles. The fourth-order valence-corrected chi connectivity index (χ4v) is 3.91. The first-order valence-corrected chi connectivity index (χ1v) is 10.9. The van der Waals surface area contributed by atoms with E-state index in [4.69, 9.17) is 0 Å². The molecule has 154 valence electrons. The second-order valence-electron chi connectivity index (χ2n) is 7.06. The number of halogens is 1. The molecule has 3 rings (SSSR count). The predicted molar refractivity (Wildman–Crippen MR) is 118 cm³/mol. The van der Waals surface area contributed by atoms with E-state index in [1.165, 1.54) is 42.4 Å². The molecule has 5 nitrogen and oxygen atoms in total. The first kappa shape index (κ1) is 21.2. The molecule has 0 bridgehead atoms. The number of hydrogen-bond acceptors (Lipinski definition) is 4. The summed E-state index contributed by atoms with van der Waals surface area (Å²) in [6.07, 6.45) is 3.58. The van der Waals surface area contributed by atoms with Crippen LogP contribution >= 0.6 is 11.8 Å². The van der Waals surface area contributed by atoms with E-state index >= 15 is 0 Å². The van der Waals surface area contributed by atoms with E-state index in [0.717, 1.165) is 37.3 Å². The molecule has 1 aliphatic heterocycles. The summed E-state index contributed by atoms with van der Waals surface area (Å²) in [6.45, 7) is 3.79. The van der Waals surface area contributed by atoms with Gasteiger partial charge in [0.25, 0.3) is 0 Å². The van der Waals surface area contributed by atoms with Crippen molar-refractivity contribution in [3.63, 3.8) is 0 Å². The Morgan fingerprint density at radius 1 is 1.03 bits per heavy atom. The topological polar surface area (TPSA) is 61.4 Å². The monoisotopic (exact) mass is 415 g/mol. The molecule has 2 aromatic carbocycles. The summed E-state index contributed by atoms with van der Waals surface area (Å²) in [7, 11) is 0. The van der Waals surface area contributed by atoms with Crippen molar-refractivity contribution >= 4 is 40.6 Å².